The molecule has 0 spiro atoms. The Balaban J connectivity index is 1.47. The average Bonchev–Trinajstić information content (AvgIpc) is 2.77. The minimum atomic E-state index is -3.68. The summed E-state index contributed by atoms with van der Waals surface area (Å²) in [5.41, 5.74) is 0.859. The Morgan fingerprint density at radius 1 is 1.03 bits per heavy atom. The highest BCUT2D eigenvalue weighted by Gasteiger charge is 2.28. The Morgan fingerprint density at radius 3 is 2.27 bits per heavy atom. The second-order valence-corrected chi connectivity index (χ2v) is 9.44. The molecule has 1 aliphatic carbocycles. The molecule has 1 amide bonds. The molecule has 0 radical (unpaired) electrons. The van der Waals surface area contributed by atoms with Crippen molar-refractivity contribution in [3.63, 3.8) is 0 Å². The van der Waals surface area contributed by atoms with Crippen molar-refractivity contribution in [3.05, 3.63) is 66.0 Å². The maximum absolute atomic E-state index is 13.0. The van der Waals surface area contributed by atoms with Gasteiger partial charge in [-0.1, -0.05) is 30.3 Å². The third kappa shape index (κ3) is 5.87. The molecule has 0 aliphatic heterocycles. The van der Waals surface area contributed by atoms with Crippen LogP contribution in [0.25, 0.3) is 0 Å². The second kappa shape index (κ2) is 10.1. The van der Waals surface area contributed by atoms with Crippen molar-refractivity contribution in [1.82, 2.24) is 10.0 Å². The van der Waals surface area contributed by atoms with E-state index in [2.05, 4.69) is 10.0 Å². The van der Waals surface area contributed by atoms with Crippen LogP contribution in [0.4, 0.5) is 4.39 Å². The molecule has 1 atom stereocenters. The van der Waals surface area contributed by atoms with E-state index < -0.39 is 21.9 Å². The molecule has 0 saturated heterocycles. The summed E-state index contributed by atoms with van der Waals surface area (Å²) in [5, 5.41) is 12.5. The molecule has 1 fully saturated rings. The van der Waals surface area contributed by atoms with E-state index in [-0.39, 0.29) is 35.8 Å². The standard InChI is InChI=1S/C22H27FN2O4S/c23-19-10-12-20(13-11-19)30(28,29)24-14-16-6-8-18(9-7-16)22(27)25-21(15-26)17-4-2-1-3-5-17/h1-5,10-13,16,18,21,24,26H,6-9,14-15H2,(H,25,27)/t16?,18?,21-/m0/s1. The van der Waals surface area contributed by atoms with Gasteiger partial charge in [-0.05, 0) is 61.4 Å². The second-order valence-electron chi connectivity index (χ2n) is 7.68. The number of nitrogens with one attached hydrogen (secondary N) is 2. The predicted molar refractivity (Wildman–Crippen MR) is 111 cm³/mol. The molecule has 0 aromatic heterocycles. The Kier molecular flexibility index (Phi) is 7.58. The Bertz CT molecular complexity index is 927. The van der Waals surface area contributed by atoms with Crippen LogP contribution in [0.5, 0.6) is 0 Å². The normalized spacial score (nSPS) is 20.5. The SMILES string of the molecule is O=C(N[C@@H](CO)c1ccccc1)C1CCC(CNS(=O)(=O)c2ccc(F)cc2)CC1. The molecule has 2 aromatic carbocycles. The van der Waals surface area contributed by atoms with Crippen LogP contribution in [0.2, 0.25) is 0 Å². The van der Waals surface area contributed by atoms with E-state index >= 15 is 0 Å². The van der Waals surface area contributed by atoms with E-state index in [1.54, 1.807) is 0 Å². The molecule has 8 heteroatoms. The first-order valence-electron chi connectivity index (χ1n) is 10.1. The van der Waals surface area contributed by atoms with Gasteiger partial charge in [0.25, 0.3) is 0 Å². The number of benzene rings is 2. The molecule has 1 aliphatic rings. The zero-order chi connectivity index (χ0) is 21.6. The van der Waals surface area contributed by atoms with Crippen LogP contribution in [-0.2, 0) is 14.8 Å². The molecule has 1 saturated carbocycles. The number of rotatable bonds is 8. The van der Waals surface area contributed by atoms with Crippen molar-refractivity contribution in [2.45, 2.75) is 36.6 Å². The fourth-order valence-electron chi connectivity index (χ4n) is 3.76. The highest BCUT2D eigenvalue weighted by atomic mass is 32.2. The van der Waals surface area contributed by atoms with E-state index in [4.69, 9.17) is 0 Å². The minimum Gasteiger partial charge on any atom is -0.394 e. The molecule has 2 aromatic rings. The van der Waals surface area contributed by atoms with Crippen LogP contribution in [-0.4, -0.2) is 32.6 Å². The number of aliphatic hydroxyl groups excluding tert-OH is 1. The summed E-state index contributed by atoms with van der Waals surface area (Å²) in [7, 11) is -3.68. The Morgan fingerprint density at radius 2 is 1.67 bits per heavy atom. The van der Waals surface area contributed by atoms with Gasteiger partial charge in [-0.3, -0.25) is 4.79 Å². The lowest BCUT2D eigenvalue weighted by molar-refractivity contribution is -0.127. The molecule has 3 N–H and O–H groups in total. The van der Waals surface area contributed by atoms with Crippen LogP contribution in [0.1, 0.15) is 37.3 Å². The summed E-state index contributed by atoms with van der Waals surface area (Å²) in [4.78, 5) is 12.6. The number of hydrogen-bond acceptors (Lipinski definition) is 4. The molecular weight excluding hydrogens is 407 g/mol. The van der Waals surface area contributed by atoms with Gasteiger partial charge >= 0.3 is 0 Å². The van der Waals surface area contributed by atoms with Gasteiger partial charge in [0.15, 0.2) is 0 Å². The maximum atomic E-state index is 13.0. The van der Waals surface area contributed by atoms with E-state index in [9.17, 15) is 22.7 Å². The lowest BCUT2D eigenvalue weighted by Crippen LogP contribution is -2.38. The molecule has 0 unspecified atom stereocenters. The number of sulfonamides is 1. The zero-order valence-electron chi connectivity index (χ0n) is 16.6. The first-order valence-corrected chi connectivity index (χ1v) is 11.6. The van der Waals surface area contributed by atoms with Crippen LogP contribution in [0.15, 0.2) is 59.5 Å². The average molecular weight is 435 g/mol. The van der Waals surface area contributed by atoms with Crippen molar-refractivity contribution in [3.8, 4) is 0 Å². The smallest absolute Gasteiger partial charge is 0.240 e. The predicted octanol–water partition coefficient (Wildman–Crippen LogP) is 2.76. The van der Waals surface area contributed by atoms with Crippen molar-refractivity contribution in [1.29, 1.82) is 0 Å². The first kappa shape index (κ1) is 22.4. The fourth-order valence-corrected chi connectivity index (χ4v) is 4.88. The number of amides is 1. The lowest BCUT2D eigenvalue weighted by atomic mass is 9.81. The largest absolute Gasteiger partial charge is 0.394 e. The first-order chi connectivity index (χ1) is 14.4. The summed E-state index contributed by atoms with van der Waals surface area (Å²) in [5.74, 6) is -0.566. The van der Waals surface area contributed by atoms with Gasteiger partial charge in [-0.2, -0.15) is 0 Å². The van der Waals surface area contributed by atoms with E-state index in [1.807, 2.05) is 30.3 Å². The van der Waals surface area contributed by atoms with Gasteiger partial charge in [0.1, 0.15) is 5.82 Å². The molecule has 0 heterocycles. The number of hydrogen-bond donors (Lipinski definition) is 3. The Labute approximate surface area is 176 Å². The summed E-state index contributed by atoms with van der Waals surface area (Å²) >= 11 is 0. The number of halogens is 1. The van der Waals surface area contributed by atoms with E-state index in [1.165, 1.54) is 12.1 Å². The quantitative estimate of drug-likeness (QED) is 0.595. The Hall–Kier alpha value is -2.29. The maximum Gasteiger partial charge on any atom is 0.240 e. The number of carbonyl (C=O) groups excluding carboxylic acids is 1. The number of carbonyl (C=O) groups is 1. The van der Waals surface area contributed by atoms with Gasteiger partial charge < -0.3 is 10.4 Å². The summed E-state index contributed by atoms with van der Waals surface area (Å²) in [6.07, 6.45) is 2.81. The van der Waals surface area contributed by atoms with Crippen LogP contribution in [0.3, 0.4) is 0 Å². The summed E-state index contributed by atoms with van der Waals surface area (Å²) in [6, 6.07) is 13.6. The van der Waals surface area contributed by atoms with E-state index in [0.717, 1.165) is 30.5 Å². The number of aliphatic hydroxyl groups is 1. The zero-order valence-corrected chi connectivity index (χ0v) is 17.4. The van der Waals surface area contributed by atoms with Crippen LogP contribution in [0, 0.1) is 17.7 Å². The highest BCUT2D eigenvalue weighted by Crippen LogP contribution is 2.29. The fraction of sp³-hybridized carbons (Fsp3) is 0.409. The monoisotopic (exact) mass is 434 g/mol. The van der Waals surface area contributed by atoms with Crippen LogP contribution < -0.4 is 10.0 Å². The molecule has 162 valence electrons. The molecule has 3 rings (SSSR count). The van der Waals surface area contributed by atoms with Gasteiger partial charge in [0, 0.05) is 12.5 Å². The summed E-state index contributed by atoms with van der Waals surface area (Å²) < 4.78 is 40.2. The highest BCUT2D eigenvalue weighted by molar-refractivity contribution is 7.89. The van der Waals surface area contributed by atoms with Crippen molar-refractivity contribution < 1.29 is 22.7 Å². The third-order valence-electron chi connectivity index (χ3n) is 5.60. The minimum absolute atomic E-state index is 0.0351. The van der Waals surface area contributed by atoms with Gasteiger partial charge in [-0.25, -0.2) is 17.5 Å². The molecular formula is C22H27FN2O4S. The van der Waals surface area contributed by atoms with Gasteiger partial charge in [0.2, 0.25) is 15.9 Å². The van der Waals surface area contributed by atoms with Crippen molar-refractivity contribution in [2.75, 3.05) is 13.2 Å². The van der Waals surface area contributed by atoms with E-state index in [0.29, 0.717) is 12.8 Å². The van der Waals surface area contributed by atoms with Gasteiger partial charge in [0.05, 0.1) is 17.5 Å². The third-order valence-corrected chi connectivity index (χ3v) is 7.04. The molecule has 30 heavy (non-hydrogen) atoms. The van der Waals surface area contributed by atoms with Crippen LogP contribution >= 0.6 is 0 Å². The molecule has 0 bridgehead atoms. The topological polar surface area (TPSA) is 95.5 Å². The van der Waals surface area contributed by atoms with Crippen molar-refractivity contribution in [2.24, 2.45) is 11.8 Å². The van der Waals surface area contributed by atoms with Gasteiger partial charge in [-0.15, -0.1) is 0 Å². The lowest BCUT2D eigenvalue weighted by Gasteiger charge is -2.29. The summed E-state index contributed by atoms with van der Waals surface area (Å²) in [6.45, 7) is 0.119. The molecule has 6 nitrogen and oxygen atoms in total. The van der Waals surface area contributed by atoms with Crippen molar-refractivity contribution >= 4 is 15.9 Å².